The first-order valence-electron chi connectivity index (χ1n) is 9.30. The van der Waals surface area contributed by atoms with E-state index in [1.807, 2.05) is 48.1 Å². The van der Waals surface area contributed by atoms with Gasteiger partial charge in [-0.2, -0.15) is 0 Å². The fourth-order valence-corrected chi connectivity index (χ4v) is 3.74. The lowest BCUT2D eigenvalue weighted by molar-refractivity contribution is -0.118. The van der Waals surface area contributed by atoms with Gasteiger partial charge in [0.1, 0.15) is 18.4 Å². The van der Waals surface area contributed by atoms with Gasteiger partial charge in [-0.1, -0.05) is 6.07 Å². The van der Waals surface area contributed by atoms with Gasteiger partial charge in [0.05, 0.1) is 5.52 Å². The molecule has 140 valence electrons. The molecule has 0 spiro atoms. The predicted molar refractivity (Wildman–Crippen MR) is 106 cm³/mol. The van der Waals surface area contributed by atoms with Crippen LogP contribution in [-0.4, -0.2) is 34.7 Å². The van der Waals surface area contributed by atoms with E-state index in [1.54, 1.807) is 0 Å². The zero-order chi connectivity index (χ0) is 18.8. The minimum Gasteiger partial charge on any atom is -0.490 e. The minimum atomic E-state index is -0.349. The van der Waals surface area contributed by atoms with Crippen LogP contribution in [0.15, 0.2) is 48.8 Å². The normalized spacial score (nSPS) is 15.2. The summed E-state index contributed by atoms with van der Waals surface area (Å²) in [5.74, 6) is 0.520. The van der Waals surface area contributed by atoms with E-state index in [0.717, 1.165) is 48.3 Å². The average Bonchev–Trinajstić information content (AvgIpc) is 3.06. The molecule has 2 aromatic heterocycles. The van der Waals surface area contributed by atoms with Crippen LogP contribution in [0.4, 0.5) is 5.69 Å². The van der Waals surface area contributed by atoms with Crippen molar-refractivity contribution in [2.45, 2.75) is 32.4 Å². The van der Waals surface area contributed by atoms with E-state index in [9.17, 15) is 4.79 Å². The number of amides is 1. The molecule has 6 nitrogen and oxygen atoms in total. The van der Waals surface area contributed by atoms with Crippen molar-refractivity contribution >= 4 is 22.5 Å². The lowest BCUT2D eigenvalue weighted by Gasteiger charge is -2.34. The monoisotopic (exact) mass is 364 g/mol. The lowest BCUT2D eigenvalue weighted by atomic mass is 10.1. The molecule has 1 fully saturated rings. The second kappa shape index (κ2) is 7.31. The molecule has 0 unspecified atom stereocenters. The van der Waals surface area contributed by atoms with Crippen molar-refractivity contribution < 1.29 is 9.53 Å². The van der Waals surface area contributed by atoms with Crippen LogP contribution in [0.1, 0.15) is 18.5 Å². The van der Waals surface area contributed by atoms with Gasteiger partial charge in [0.2, 0.25) is 5.91 Å². The van der Waals surface area contributed by atoms with Gasteiger partial charge in [0.15, 0.2) is 0 Å². The van der Waals surface area contributed by atoms with Crippen LogP contribution in [0.25, 0.3) is 10.9 Å². The van der Waals surface area contributed by atoms with Crippen LogP contribution in [0.3, 0.4) is 0 Å². The molecule has 2 N–H and O–H groups in total. The van der Waals surface area contributed by atoms with Crippen LogP contribution in [0.5, 0.6) is 5.75 Å². The Morgan fingerprint density at radius 2 is 2.07 bits per heavy atom. The Hall–Kier alpha value is -3.02. The molecule has 4 rings (SSSR count). The first-order chi connectivity index (χ1) is 13.1. The Bertz CT molecular complexity index is 958. The number of nitrogens with two attached hydrogens (primary N) is 1. The maximum absolute atomic E-state index is 11.2. The molecular formula is C21H24N4O2. The number of aromatic nitrogens is 2. The molecule has 0 bridgehead atoms. The van der Waals surface area contributed by atoms with E-state index in [4.69, 9.17) is 10.5 Å². The summed E-state index contributed by atoms with van der Waals surface area (Å²) in [6, 6.07) is 12.1. The van der Waals surface area contributed by atoms with Gasteiger partial charge in [-0.05, 0) is 37.3 Å². The molecular weight excluding hydrogens is 340 g/mol. The summed E-state index contributed by atoms with van der Waals surface area (Å²) in [7, 11) is 0. The molecule has 1 aliphatic heterocycles. The van der Waals surface area contributed by atoms with E-state index < -0.39 is 0 Å². The Balaban J connectivity index is 1.45. The van der Waals surface area contributed by atoms with Crippen LogP contribution >= 0.6 is 0 Å². The van der Waals surface area contributed by atoms with Gasteiger partial charge >= 0.3 is 0 Å². The number of hydrogen-bond acceptors (Lipinski definition) is 4. The molecule has 3 aromatic rings. The van der Waals surface area contributed by atoms with Gasteiger partial charge in [0.25, 0.3) is 0 Å². The number of nitrogens with zero attached hydrogens (tertiary/aromatic N) is 3. The summed E-state index contributed by atoms with van der Waals surface area (Å²) >= 11 is 0. The van der Waals surface area contributed by atoms with Gasteiger partial charge in [-0.3, -0.25) is 9.78 Å². The molecule has 1 saturated heterocycles. The van der Waals surface area contributed by atoms with Gasteiger partial charge < -0.3 is 19.9 Å². The number of piperidine rings is 1. The molecule has 0 radical (unpaired) electrons. The molecule has 27 heavy (non-hydrogen) atoms. The van der Waals surface area contributed by atoms with Gasteiger partial charge in [-0.15, -0.1) is 0 Å². The SMILES string of the molecule is Cc1cc(N2CCC(Oc3cccc4c3ccn4CC(N)=O)CC2)ccn1. The third kappa shape index (κ3) is 3.74. The molecule has 0 atom stereocenters. The summed E-state index contributed by atoms with van der Waals surface area (Å²) < 4.78 is 8.19. The smallest absolute Gasteiger partial charge is 0.237 e. The van der Waals surface area contributed by atoms with Crippen molar-refractivity contribution in [1.82, 2.24) is 9.55 Å². The van der Waals surface area contributed by atoms with Crippen LogP contribution < -0.4 is 15.4 Å². The van der Waals surface area contributed by atoms with Crippen LogP contribution in [0, 0.1) is 6.92 Å². The molecule has 3 heterocycles. The molecule has 1 aliphatic rings. The first-order valence-corrected chi connectivity index (χ1v) is 9.30. The predicted octanol–water partition coefficient (Wildman–Crippen LogP) is 2.88. The van der Waals surface area contributed by atoms with E-state index in [2.05, 4.69) is 22.0 Å². The molecule has 6 heteroatoms. The summed E-state index contributed by atoms with van der Waals surface area (Å²) in [5.41, 5.74) is 8.57. The number of carbonyl (C=O) groups is 1. The average molecular weight is 364 g/mol. The number of ether oxygens (including phenoxy) is 1. The number of hydrogen-bond donors (Lipinski definition) is 1. The van der Waals surface area contributed by atoms with Gasteiger partial charge in [0, 0.05) is 55.1 Å². The minimum absolute atomic E-state index is 0.177. The quantitative estimate of drug-likeness (QED) is 0.755. The van der Waals surface area contributed by atoms with E-state index in [0.29, 0.717) is 0 Å². The maximum Gasteiger partial charge on any atom is 0.237 e. The summed E-state index contributed by atoms with van der Waals surface area (Å²) in [5, 5.41) is 1.02. The first kappa shape index (κ1) is 17.4. The number of aryl methyl sites for hydroxylation is 1. The fraction of sp³-hybridized carbons (Fsp3) is 0.333. The highest BCUT2D eigenvalue weighted by molar-refractivity contribution is 5.87. The Labute approximate surface area is 158 Å². The summed E-state index contributed by atoms with van der Waals surface area (Å²) in [6.07, 6.45) is 5.88. The van der Waals surface area contributed by atoms with Crippen molar-refractivity contribution in [3.63, 3.8) is 0 Å². The maximum atomic E-state index is 11.2. The zero-order valence-corrected chi connectivity index (χ0v) is 15.5. The second-order valence-electron chi connectivity index (χ2n) is 7.06. The Kier molecular flexibility index (Phi) is 4.71. The van der Waals surface area contributed by atoms with Crippen LogP contribution in [-0.2, 0) is 11.3 Å². The number of rotatable bonds is 5. The highest BCUT2D eigenvalue weighted by atomic mass is 16.5. The van der Waals surface area contributed by atoms with Crippen LogP contribution in [0.2, 0.25) is 0 Å². The highest BCUT2D eigenvalue weighted by Gasteiger charge is 2.22. The van der Waals surface area contributed by atoms with Crippen molar-refractivity contribution in [1.29, 1.82) is 0 Å². The topological polar surface area (TPSA) is 73.4 Å². The van der Waals surface area contributed by atoms with E-state index >= 15 is 0 Å². The Morgan fingerprint density at radius 1 is 1.26 bits per heavy atom. The molecule has 0 saturated carbocycles. The van der Waals surface area contributed by atoms with Crippen molar-refractivity contribution in [3.05, 3.63) is 54.5 Å². The zero-order valence-electron chi connectivity index (χ0n) is 15.5. The number of anilines is 1. The lowest BCUT2D eigenvalue weighted by Crippen LogP contribution is -2.38. The Morgan fingerprint density at radius 3 is 2.81 bits per heavy atom. The standard InChI is InChI=1S/C21H24N4O2/c1-15-13-16(5-9-23-15)24-10-6-17(7-11-24)27-20-4-2-3-19-18(20)8-12-25(19)14-21(22)26/h2-5,8-9,12-13,17H,6-7,10-11,14H2,1H3,(H2,22,26). The fourth-order valence-electron chi connectivity index (χ4n) is 3.74. The number of fused-ring (bicyclic) bond motifs is 1. The number of benzene rings is 1. The van der Waals surface area contributed by atoms with Gasteiger partial charge in [-0.25, -0.2) is 0 Å². The highest BCUT2D eigenvalue weighted by Crippen LogP contribution is 2.30. The van der Waals surface area contributed by atoms with Crippen molar-refractivity contribution in [2.75, 3.05) is 18.0 Å². The molecule has 0 aliphatic carbocycles. The summed E-state index contributed by atoms with van der Waals surface area (Å²) in [4.78, 5) is 17.9. The van der Waals surface area contributed by atoms with E-state index in [1.165, 1.54) is 5.69 Å². The van der Waals surface area contributed by atoms with Crippen molar-refractivity contribution in [3.8, 4) is 5.75 Å². The number of pyridine rings is 1. The van der Waals surface area contributed by atoms with E-state index in [-0.39, 0.29) is 18.6 Å². The largest absolute Gasteiger partial charge is 0.490 e. The third-order valence-electron chi connectivity index (χ3n) is 5.08. The summed E-state index contributed by atoms with van der Waals surface area (Å²) in [6.45, 7) is 4.13. The number of primary amides is 1. The number of carbonyl (C=O) groups excluding carboxylic acids is 1. The molecule has 1 amide bonds. The molecule has 1 aromatic carbocycles. The third-order valence-corrected chi connectivity index (χ3v) is 5.08. The second-order valence-corrected chi connectivity index (χ2v) is 7.06. The van der Waals surface area contributed by atoms with Crippen molar-refractivity contribution in [2.24, 2.45) is 5.73 Å².